The van der Waals surface area contributed by atoms with Crippen molar-refractivity contribution in [2.24, 2.45) is 0 Å². The first kappa shape index (κ1) is 12.1. The van der Waals surface area contributed by atoms with Crippen molar-refractivity contribution in [1.82, 2.24) is 4.98 Å². The number of aliphatic hydroxyl groups excluding tert-OH is 1. The maximum atomic E-state index is 10.0. The molecule has 1 aromatic heterocycles. The standard InChI is InChI=1S/C14H15NOS/c1-11-5-2-3-7-14(11)17-10-13(16)12-6-4-8-15-9-12/h2-9,13,16H,10H2,1H3. The Labute approximate surface area is 106 Å². The molecule has 3 heteroatoms. The van der Waals surface area contributed by atoms with Crippen LogP contribution in [0.4, 0.5) is 0 Å². The molecule has 0 saturated heterocycles. The lowest BCUT2D eigenvalue weighted by molar-refractivity contribution is 0.203. The fourth-order valence-corrected chi connectivity index (χ4v) is 2.56. The molecule has 1 aromatic carbocycles. The Morgan fingerprint density at radius 3 is 2.76 bits per heavy atom. The Morgan fingerprint density at radius 1 is 1.24 bits per heavy atom. The van der Waals surface area contributed by atoms with Crippen LogP contribution in [0.15, 0.2) is 53.7 Å². The van der Waals surface area contributed by atoms with Crippen molar-refractivity contribution in [3.63, 3.8) is 0 Å². The number of benzene rings is 1. The number of hydrogen-bond donors (Lipinski definition) is 1. The molecule has 1 unspecified atom stereocenters. The van der Waals surface area contributed by atoms with Crippen molar-refractivity contribution in [3.8, 4) is 0 Å². The summed E-state index contributed by atoms with van der Waals surface area (Å²) >= 11 is 1.67. The first-order valence-corrected chi connectivity index (χ1v) is 6.52. The lowest BCUT2D eigenvalue weighted by atomic mass is 10.2. The zero-order valence-electron chi connectivity index (χ0n) is 9.71. The van der Waals surface area contributed by atoms with Gasteiger partial charge in [-0.2, -0.15) is 0 Å². The van der Waals surface area contributed by atoms with E-state index in [1.807, 2.05) is 24.3 Å². The van der Waals surface area contributed by atoms with E-state index in [2.05, 4.69) is 24.0 Å². The molecule has 0 fully saturated rings. The highest BCUT2D eigenvalue weighted by molar-refractivity contribution is 7.99. The highest BCUT2D eigenvalue weighted by Crippen LogP contribution is 2.26. The van der Waals surface area contributed by atoms with Crippen LogP contribution in [0.5, 0.6) is 0 Å². The maximum absolute atomic E-state index is 10.0. The summed E-state index contributed by atoms with van der Waals surface area (Å²) in [5, 5.41) is 10.0. The zero-order valence-corrected chi connectivity index (χ0v) is 10.5. The Hall–Kier alpha value is -1.32. The van der Waals surface area contributed by atoms with Gasteiger partial charge in [0.1, 0.15) is 0 Å². The van der Waals surface area contributed by atoms with E-state index in [4.69, 9.17) is 0 Å². The van der Waals surface area contributed by atoms with E-state index in [-0.39, 0.29) is 0 Å². The van der Waals surface area contributed by atoms with E-state index < -0.39 is 6.10 Å². The molecule has 0 radical (unpaired) electrons. The Balaban J connectivity index is 1.97. The molecule has 0 aliphatic heterocycles. The topological polar surface area (TPSA) is 33.1 Å². The lowest BCUT2D eigenvalue weighted by Gasteiger charge is -2.11. The van der Waals surface area contributed by atoms with Crippen LogP contribution >= 0.6 is 11.8 Å². The van der Waals surface area contributed by atoms with Gasteiger partial charge >= 0.3 is 0 Å². The van der Waals surface area contributed by atoms with Crippen LogP contribution in [0.3, 0.4) is 0 Å². The van der Waals surface area contributed by atoms with Gasteiger partial charge in [-0.3, -0.25) is 4.98 Å². The minimum absolute atomic E-state index is 0.465. The highest BCUT2D eigenvalue weighted by atomic mass is 32.2. The van der Waals surface area contributed by atoms with Crippen molar-refractivity contribution in [1.29, 1.82) is 0 Å². The molecule has 0 bridgehead atoms. The first-order valence-electron chi connectivity index (χ1n) is 5.54. The van der Waals surface area contributed by atoms with E-state index in [0.717, 1.165) is 5.56 Å². The van der Waals surface area contributed by atoms with Gasteiger partial charge in [-0.15, -0.1) is 11.8 Å². The molecule has 0 amide bonds. The number of aliphatic hydroxyl groups is 1. The van der Waals surface area contributed by atoms with Crippen LogP contribution in [0, 0.1) is 6.92 Å². The van der Waals surface area contributed by atoms with Crippen LogP contribution in [-0.2, 0) is 0 Å². The molecule has 2 rings (SSSR count). The van der Waals surface area contributed by atoms with Crippen molar-refractivity contribution in [2.45, 2.75) is 17.9 Å². The van der Waals surface area contributed by atoms with Crippen molar-refractivity contribution < 1.29 is 5.11 Å². The van der Waals surface area contributed by atoms with E-state index in [9.17, 15) is 5.11 Å². The molecular formula is C14H15NOS. The van der Waals surface area contributed by atoms with E-state index in [1.54, 1.807) is 24.2 Å². The first-order chi connectivity index (χ1) is 8.27. The minimum Gasteiger partial charge on any atom is -0.387 e. The number of aryl methyl sites for hydroxylation is 1. The SMILES string of the molecule is Cc1ccccc1SCC(O)c1cccnc1. The number of rotatable bonds is 4. The van der Waals surface area contributed by atoms with Crippen LogP contribution in [0.25, 0.3) is 0 Å². The van der Waals surface area contributed by atoms with E-state index in [1.165, 1.54) is 10.5 Å². The van der Waals surface area contributed by atoms with Gasteiger partial charge in [-0.1, -0.05) is 24.3 Å². The zero-order chi connectivity index (χ0) is 12.1. The molecule has 1 atom stereocenters. The summed E-state index contributed by atoms with van der Waals surface area (Å²) in [6.45, 7) is 2.08. The maximum Gasteiger partial charge on any atom is 0.0898 e. The molecule has 0 saturated carbocycles. The molecule has 2 aromatic rings. The predicted molar refractivity (Wildman–Crippen MR) is 71.1 cm³/mol. The van der Waals surface area contributed by atoms with Crippen LogP contribution in [0.2, 0.25) is 0 Å². The van der Waals surface area contributed by atoms with Gasteiger partial charge in [0.05, 0.1) is 6.10 Å². The van der Waals surface area contributed by atoms with Crippen molar-refractivity contribution in [2.75, 3.05) is 5.75 Å². The van der Waals surface area contributed by atoms with E-state index in [0.29, 0.717) is 5.75 Å². The van der Waals surface area contributed by atoms with Gasteiger partial charge < -0.3 is 5.11 Å². The van der Waals surface area contributed by atoms with Gasteiger partial charge in [0.25, 0.3) is 0 Å². The number of hydrogen-bond acceptors (Lipinski definition) is 3. The Morgan fingerprint density at radius 2 is 2.06 bits per heavy atom. The van der Waals surface area contributed by atoms with Gasteiger partial charge in [0, 0.05) is 23.0 Å². The minimum atomic E-state index is -0.465. The second-order valence-corrected chi connectivity index (χ2v) is 4.94. The second-order valence-electron chi connectivity index (χ2n) is 3.88. The van der Waals surface area contributed by atoms with Crippen LogP contribution < -0.4 is 0 Å². The Kier molecular flexibility index (Phi) is 4.18. The highest BCUT2D eigenvalue weighted by Gasteiger charge is 2.08. The van der Waals surface area contributed by atoms with Crippen molar-refractivity contribution >= 4 is 11.8 Å². The third kappa shape index (κ3) is 3.32. The third-order valence-electron chi connectivity index (χ3n) is 2.56. The molecule has 0 aliphatic rings. The van der Waals surface area contributed by atoms with Gasteiger partial charge in [0.15, 0.2) is 0 Å². The molecule has 2 nitrogen and oxygen atoms in total. The average Bonchev–Trinajstić information content (AvgIpc) is 2.38. The molecule has 88 valence electrons. The van der Waals surface area contributed by atoms with Gasteiger partial charge in [-0.25, -0.2) is 0 Å². The number of nitrogens with zero attached hydrogens (tertiary/aromatic N) is 1. The second kappa shape index (κ2) is 5.84. The summed E-state index contributed by atoms with van der Waals surface area (Å²) in [4.78, 5) is 5.23. The molecule has 1 N–H and O–H groups in total. The monoisotopic (exact) mass is 245 g/mol. The van der Waals surface area contributed by atoms with Gasteiger partial charge in [-0.05, 0) is 30.2 Å². The molecule has 0 spiro atoms. The number of thioether (sulfide) groups is 1. The van der Waals surface area contributed by atoms with Crippen LogP contribution in [-0.4, -0.2) is 15.8 Å². The number of pyridine rings is 1. The fraction of sp³-hybridized carbons (Fsp3) is 0.214. The van der Waals surface area contributed by atoms with Crippen LogP contribution in [0.1, 0.15) is 17.2 Å². The molecule has 17 heavy (non-hydrogen) atoms. The molecule has 0 aliphatic carbocycles. The van der Waals surface area contributed by atoms with E-state index >= 15 is 0 Å². The summed E-state index contributed by atoms with van der Waals surface area (Å²) in [5.74, 6) is 0.649. The number of aromatic nitrogens is 1. The summed E-state index contributed by atoms with van der Waals surface area (Å²) in [5.41, 5.74) is 2.12. The largest absolute Gasteiger partial charge is 0.387 e. The van der Waals surface area contributed by atoms with Crippen molar-refractivity contribution in [3.05, 3.63) is 59.9 Å². The average molecular weight is 245 g/mol. The summed E-state index contributed by atoms with van der Waals surface area (Å²) in [6, 6.07) is 11.9. The summed E-state index contributed by atoms with van der Waals surface area (Å²) in [7, 11) is 0. The normalized spacial score (nSPS) is 12.4. The molecular weight excluding hydrogens is 230 g/mol. The third-order valence-corrected chi connectivity index (χ3v) is 3.81. The quantitative estimate of drug-likeness (QED) is 0.840. The smallest absolute Gasteiger partial charge is 0.0898 e. The molecule has 1 heterocycles. The predicted octanol–water partition coefficient (Wildman–Crippen LogP) is 3.22. The summed E-state index contributed by atoms with van der Waals surface area (Å²) in [6.07, 6.45) is 2.96. The lowest BCUT2D eigenvalue weighted by Crippen LogP contribution is -2.00. The fourth-order valence-electron chi connectivity index (χ4n) is 1.56. The summed E-state index contributed by atoms with van der Waals surface area (Å²) < 4.78 is 0. The van der Waals surface area contributed by atoms with Gasteiger partial charge in [0.2, 0.25) is 0 Å². The Bertz CT molecular complexity index is 473.